The molecule has 0 saturated heterocycles. The molecule has 4 aromatic carbocycles. The molecule has 0 fully saturated rings. The lowest BCUT2D eigenvalue weighted by atomic mass is 10.0. The highest BCUT2D eigenvalue weighted by atomic mass is 19.4. The summed E-state index contributed by atoms with van der Waals surface area (Å²) in [6, 6.07) is 30.1. The van der Waals surface area contributed by atoms with E-state index in [1.807, 2.05) is 48.5 Å². The van der Waals surface area contributed by atoms with Gasteiger partial charge in [-0.05, 0) is 24.6 Å². The van der Waals surface area contributed by atoms with Gasteiger partial charge in [-0.2, -0.15) is 41.3 Å². The minimum atomic E-state index is -4.75. The molecule has 17 nitrogen and oxygen atoms in total. The van der Waals surface area contributed by atoms with Crippen molar-refractivity contribution in [2.45, 2.75) is 38.0 Å². The molecule has 0 unspecified atom stereocenters. The molecule has 0 radical (unpaired) electrons. The molecule has 0 spiro atoms. The number of alkyl halides is 6. The largest absolute Gasteiger partial charge is 0.481 e. The number of aryl methyl sites for hydroxylation is 1. The Kier molecular flexibility index (Phi) is 15.7. The lowest BCUT2D eigenvalue weighted by Crippen LogP contribution is -2.25. The fourth-order valence-electron chi connectivity index (χ4n) is 5.20. The fourth-order valence-corrected chi connectivity index (χ4v) is 5.20. The summed E-state index contributed by atoms with van der Waals surface area (Å²) in [5.41, 5.74) is 7.75. The quantitative estimate of drug-likeness (QED) is 0.0215. The number of carboxylic acid groups (broad SMARTS) is 1. The molecule has 332 valence electrons. The number of nitrogens with zero attached hydrogens (tertiary/aromatic N) is 7. The van der Waals surface area contributed by atoms with Gasteiger partial charge in [-0.1, -0.05) is 112 Å². The van der Waals surface area contributed by atoms with E-state index in [1.165, 1.54) is 36.4 Å². The zero-order valence-corrected chi connectivity index (χ0v) is 32.7. The number of amides is 1. The maximum atomic E-state index is 12.6. The van der Waals surface area contributed by atoms with Gasteiger partial charge in [0, 0.05) is 52.8 Å². The van der Waals surface area contributed by atoms with E-state index in [2.05, 4.69) is 49.9 Å². The number of ketones is 1. The Morgan fingerprint density at radius 2 is 1.11 bits per heavy atom. The number of benzene rings is 4. The zero-order valence-electron chi connectivity index (χ0n) is 32.7. The van der Waals surface area contributed by atoms with Crippen molar-refractivity contribution in [2.75, 3.05) is 6.54 Å². The predicted octanol–water partition coefficient (Wildman–Crippen LogP) is 7.75. The highest BCUT2D eigenvalue weighted by molar-refractivity contribution is 5.97. The average Bonchev–Trinajstić information content (AvgIpc) is 4.10. The molecule has 0 saturated carbocycles. The number of carboxylic acids is 1. The summed E-state index contributed by atoms with van der Waals surface area (Å²) in [7, 11) is 0. The van der Waals surface area contributed by atoms with Crippen LogP contribution < -0.4 is 11.1 Å². The third-order valence-corrected chi connectivity index (χ3v) is 8.26. The molecule has 64 heavy (non-hydrogen) atoms. The van der Waals surface area contributed by atoms with Crippen molar-refractivity contribution in [3.8, 4) is 34.2 Å². The molecule has 23 heteroatoms. The first-order valence-electron chi connectivity index (χ1n) is 18.5. The minimum Gasteiger partial charge on any atom is -0.481 e. The van der Waals surface area contributed by atoms with Gasteiger partial charge in [0.1, 0.15) is 0 Å². The van der Waals surface area contributed by atoms with Crippen LogP contribution in [0.5, 0.6) is 0 Å². The summed E-state index contributed by atoms with van der Waals surface area (Å²) in [6.07, 6.45) is -8.63. The number of aliphatic carboxylic acids is 1. The van der Waals surface area contributed by atoms with E-state index in [0.717, 1.165) is 11.1 Å². The Morgan fingerprint density at radius 3 is 1.64 bits per heavy atom. The second kappa shape index (κ2) is 21.5. The number of amidine groups is 1. The number of Topliss-reactive ketones (excluding diaryl/α,β-unsaturated/α-hetero) is 1. The summed E-state index contributed by atoms with van der Waals surface area (Å²) in [5, 5.41) is 32.5. The molecule has 0 aliphatic rings. The van der Waals surface area contributed by atoms with Crippen LogP contribution in [0.25, 0.3) is 34.2 Å². The number of rotatable bonds is 13. The van der Waals surface area contributed by atoms with Crippen LogP contribution in [0.2, 0.25) is 0 Å². The van der Waals surface area contributed by atoms with Crippen molar-refractivity contribution in [3.63, 3.8) is 0 Å². The molecule has 1 amide bonds. The van der Waals surface area contributed by atoms with Crippen LogP contribution in [0.3, 0.4) is 0 Å². The Hall–Kier alpha value is -8.24. The van der Waals surface area contributed by atoms with E-state index in [0.29, 0.717) is 30.1 Å². The molecular weight excluding hydrogens is 860 g/mol. The second-order valence-electron chi connectivity index (χ2n) is 12.9. The first-order valence-corrected chi connectivity index (χ1v) is 18.5. The summed E-state index contributed by atoms with van der Waals surface area (Å²) < 4.78 is 88.7. The monoisotopic (exact) mass is 893 g/mol. The van der Waals surface area contributed by atoms with Crippen LogP contribution in [0.1, 0.15) is 63.2 Å². The number of hydrogen-bond donors (Lipinski definition) is 4. The van der Waals surface area contributed by atoms with Gasteiger partial charge < -0.3 is 34.9 Å². The predicted molar refractivity (Wildman–Crippen MR) is 210 cm³/mol. The molecule has 7 aromatic rings. The number of nitrogens with two attached hydrogens (primary N) is 1. The lowest BCUT2D eigenvalue weighted by molar-refractivity contribution is -0.160. The Balaban J connectivity index is 0.000000204. The lowest BCUT2D eigenvalue weighted by Gasteiger charge is -2.04. The molecule has 3 heterocycles. The van der Waals surface area contributed by atoms with Crippen LogP contribution in [0, 0.1) is 0 Å². The molecule has 0 bridgehead atoms. The van der Waals surface area contributed by atoms with Gasteiger partial charge in [-0.3, -0.25) is 14.4 Å². The van der Waals surface area contributed by atoms with Crippen LogP contribution in [0.15, 0.2) is 128 Å². The van der Waals surface area contributed by atoms with E-state index in [1.54, 1.807) is 24.3 Å². The first kappa shape index (κ1) is 46.8. The number of oxime groups is 1. The highest BCUT2D eigenvalue weighted by Gasteiger charge is 2.39. The van der Waals surface area contributed by atoms with Crippen molar-refractivity contribution >= 4 is 23.5 Å². The molecule has 0 aliphatic heterocycles. The molecule has 0 atom stereocenters. The number of aromatic nitrogens is 6. The molecule has 3 aromatic heterocycles. The van der Waals surface area contributed by atoms with Crippen molar-refractivity contribution in [1.29, 1.82) is 0 Å². The minimum absolute atomic E-state index is 0.0706. The topological polar surface area (TPSA) is 259 Å². The van der Waals surface area contributed by atoms with E-state index in [-0.39, 0.29) is 59.3 Å². The van der Waals surface area contributed by atoms with Crippen molar-refractivity contribution in [2.24, 2.45) is 10.9 Å². The van der Waals surface area contributed by atoms with E-state index in [9.17, 15) is 40.7 Å². The molecular formula is C41H33F6N9O8. The summed E-state index contributed by atoms with van der Waals surface area (Å²) in [5.74, 6) is -4.22. The SMILES string of the molecule is N/C(=N\O)c1ccccc1.O=C(CCCc1nc(-c2ccccc2)no1)c1cccc(-c2noc(C(F)(F)F)n2)c1.O=C(O)CCNC(=O)c1cccc(-c2noc(C(F)(F)F)n2)c1. The standard InChI is InChI=1S/C21H15F3N4O3.C13H10F3N3O4.C7H8N2O/c22-21(23,24)20-26-19(28-31-20)15-9-4-8-14(12-15)16(29)10-5-11-17-25-18(27-30-17)13-6-2-1-3-7-13;14-13(15,16)12-18-10(19-23-12)7-2-1-3-8(6-7)11(22)17-5-4-9(20)21;8-7(9-10)6-4-2-1-3-5-6/h1-4,6-9,12H,5,10-11H2;1-3,6H,4-5H2,(H,17,22)(H,20,21);1-5,10H,(H2,8,9). The van der Waals surface area contributed by atoms with E-state index in [4.69, 9.17) is 20.6 Å². The molecule has 7 rings (SSSR count). The zero-order chi connectivity index (χ0) is 46.3. The average molecular weight is 894 g/mol. The van der Waals surface area contributed by atoms with Crippen molar-refractivity contribution in [1.82, 2.24) is 35.7 Å². The number of nitrogens with one attached hydrogen (secondary N) is 1. The van der Waals surface area contributed by atoms with Gasteiger partial charge in [0.25, 0.3) is 5.91 Å². The maximum absolute atomic E-state index is 12.6. The number of hydrogen-bond acceptors (Lipinski definition) is 14. The second-order valence-corrected chi connectivity index (χ2v) is 12.9. The highest BCUT2D eigenvalue weighted by Crippen LogP contribution is 2.31. The van der Waals surface area contributed by atoms with Crippen LogP contribution >= 0.6 is 0 Å². The first-order chi connectivity index (χ1) is 30.5. The Bertz CT molecular complexity index is 2670. The smallest absolute Gasteiger partial charge is 0.471 e. The van der Waals surface area contributed by atoms with Crippen LogP contribution in [0.4, 0.5) is 26.3 Å². The molecule has 5 N–H and O–H groups in total. The van der Waals surface area contributed by atoms with Crippen molar-refractivity contribution in [3.05, 3.63) is 144 Å². The number of carbonyl (C=O) groups excluding carboxylic acids is 2. The van der Waals surface area contributed by atoms with Gasteiger partial charge in [0.15, 0.2) is 11.6 Å². The summed E-state index contributed by atoms with van der Waals surface area (Å²) in [6.45, 7) is -0.0706. The van der Waals surface area contributed by atoms with Gasteiger partial charge in [0.2, 0.25) is 23.4 Å². The summed E-state index contributed by atoms with van der Waals surface area (Å²) >= 11 is 0. The number of halogens is 6. The maximum Gasteiger partial charge on any atom is 0.471 e. The van der Waals surface area contributed by atoms with Crippen molar-refractivity contribution < 1.29 is 64.6 Å². The fraction of sp³-hybridized carbons (Fsp3) is 0.171. The van der Waals surface area contributed by atoms with Gasteiger partial charge in [0.05, 0.1) is 6.42 Å². The number of carbonyl (C=O) groups is 3. The van der Waals surface area contributed by atoms with Crippen LogP contribution in [-0.2, 0) is 23.6 Å². The third-order valence-electron chi connectivity index (χ3n) is 8.26. The van der Waals surface area contributed by atoms with E-state index < -0.39 is 36.0 Å². The Morgan fingerprint density at radius 1 is 0.625 bits per heavy atom. The van der Waals surface area contributed by atoms with Gasteiger partial charge in [-0.15, -0.1) is 0 Å². The normalized spacial score (nSPS) is 11.4. The van der Waals surface area contributed by atoms with Gasteiger partial charge >= 0.3 is 30.1 Å². The summed E-state index contributed by atoms with van der Waals surface area (Å²) in [4.78, 5) is 45.6. The van der Waals surface area contributed by atoms with Crippen LogP contribution in [-0.4, -0.2) is 70.8 Å². The molecule has 0 aliphatic carbocycles. The third kappa shape index (κ3) is 13.6. The van der Waals surface area contributed by atoms with E-state index >= 15 is 0 Å². The van der Waals surface area contributed by atoms with Gasteiger partial charge in [-0.25, -0.2) is 0 Å². The Labute approximate surface area is 356 Å².